The lowest BCUT2D eigenvalue weighted by atomic mass is 10.0. The summed E-state index contributed by atoms with van der Waals surface area (Å²) in [6, 6.07) is 7.80. The molecule has 0 bridgehead atoms. The number of methoxy groups -OCH3 is 1. The van der Waals surface area contributed by atoms with E-state index in [1.54, 1.807) is 0 Å². The molecule has 2 fully saturated rings. The molecule has 0 aliphatic carbocycles. The first-order valence-corrected chi connectivity index (χ1v) is 9.14. The van der Waals surface area contributed by atoms with Crippen LogP contribution >= 0.6 is 0 Å². The summed E-state index contributed by atoms with van der Waals surface area (Å²) in [5.74, 6) is -0.898. The highest BCUT2D eigenvalue weighted by atomic mass is 16.6. The van der Waals surface area contributed by atoms with Gasteiger partial charge in [-0.25, -0.2) is 9.69 Å². The summed E-state index contributed by atoms with van der Waals surface area (Å²) in [5, 5.41) is 12.2. The molecule has 4 rings (SSSR count). The number of carbonyl (C=O) groups is 2. The van der Waals surface area contributed by atoms with Gasteiger partial charge in [-0.2, -0.15) is 0 Å². The predicted octanol–water partition coefficient (Wildman–Crippen LogP) is 0.0472. The topological polar surface area (TPSA) is 101 Å². The number of nitrogens with zero attached hydrogens (tertiary/aromatic N) is 2. The van der Waals surface area contributed by atoms with Crippen molar-refractivity contribution in [3.05, 3.63) is 41.1 Å². The van der Waals surface area contributed by atoms with Crippen molar-refractivity contribution >= 4 is 17.6 Å². The Hall–Kier alpha value is -2.46. The average Bonchev–Trinajstić information content (AvgIpc) is 3.39. The highest BCUT2D eigenvalue weighted by Gasteiger charge is 2.40. The van der Waals surface area contributed by atoms with Crippen LogP contribution in [0.25, 0.3) is 0 Å². The van der Waals surface area contributed by atoms with Crippen LogP contribution in [-0.2, 0) is 23.8 Å². The Labute approximate surface area is 162 Å². The number of carbonyl (C=O) groups excluding carboxylic acids is 2. The number of nitrogens with one attached hydrogen (secondary N) is 1. The van der Waals surface area contributed by atoms with Gasteiger partial charge in [-0.05, 0) is 17.7 Å². The standard InChI is InChI=1S/C19H23N3O6/c1-26-19(25)14-8-21(6-7-23)18(24)16(14)20-13-4-2-12(3-5-13)17-15-9-27-10-22(15)11-28-17/h2-5,15,17,20,23H,6-11H2,1H3. The lowest BCUT2D eigenvalue weighted by Gasteiger charge is -2.17. The number of fused-ring (bicyclic) bond motifs is 1. The van der Waals surface area contributed by atoms with Crippen LogP contribution in [0.1, 0.15) is 11.7 Å². The molecule has 1 aromatic rings. The van der Waals surface area contributed by atoms with Crippen molar-refractivity contribution in [3.63, 3.8) is 0 Å². The number of ether oxygens (including phenoxy) is 3. The molecular weight excluding hydrogens is 366 g/mol. The largest absolute Gasteiger partial charge is 0.466 e. The van der Waals surface area contributed by atoms with E-state index in [1.165, 1.54) is 12.0 Å². The third-order valence-corrected chi connectivity index (χ3v) is 5.25. The first kappa shape index (κ1) is 18.9. The summed E-state index contributed by atoms with van der Waals surface area (Å²) in [5.41, 5.74) is 2.14. The number of hydrogen-bond acceptors (Lipinski definition) is 8. The molecule has 2 saturated heterocycles. The van der Waals surface area contributed by atoms with Gasteiger partial charge in [0.25, 0.3) is 5.91 Å². The molecule has 2 atom stereocenters. The van der Waals surface area contributed by atoms with Gasteiger partial charge in [-0.15, -0.1) is 0 Å². The van der Waals surface area contributed by atoms with E-state index in [4.69, 9.17) is 19.3 Å². The molecule has 3 aliphatic rings. The molecule has 0 aromatic heterocycles. The van der Waals surface area contributed by atoms with Crippen molar-refractivity contribution in [1.82, 2.24) is 9.80 Å². The van der Waals surface area contributed by atoms with Crippen LogP contribution in [0.5, 0.6) is 0 Å². The Kier molecular flexibility index (Phi) is 5.31. The van der Waals surface area contributed by atoms with Gasteiger partial charge in [-0.1, -0.05) is 12.1 Å². The summed E-state index contributed by atoms with van der Waals surface area (Å²) in [6.07, 6.45) is -0.0467. The van der Waals surface area contributed by atoms with Crippen molar-refractivity contribution in [2.45, 2.75) is 12.1 Å². The van der Waals surface area contributed by atoms with E-state index >= 15 is 0 Å². The maximum Gasteiger partial charge on any atom is 0.337 e. The highest BCUT2D eigenvalue weighted by Crippen LogP contribution is 2.34. The van der Waals surface area contributed by atoms with E-state index in [0.717, 1.165) is 5.56 Å². The van der Waals surface area contributed by atoms with E-state index in [0.29, 0.717) is 25.8 Å². The lowest BCUT2D eigenvalue weighted by Crippen LogP contribution is -2.31. The van der Waals surface area contributed by atoms with E-state index in [2.05, 4.69) is 10.2 Å². The molecule has 3 aliphatic heterocycles. The second kappa shape index (κ2) is 7.88. The first-order chi connectivity index (χ1) is 13.6. The summed E-state index contributed by atoms with van der Waals surface area (Å²) in [4.78, 5) is 28.2. The molecule has 0 spiro atoms. The van der Waals surface area contributed by atoms with Gasteiger partial charge in [0.1, 0.15) is 25.3 Å². The maximum atomic E-state index is 12.6. The van der Waals surface area contributed by atoms with Crippen molar-refractivity contribution in [2.24, 2.45) is 0 Å². The minimum absolute atomic E-state index is 0.0467. The second-order valence-electron chi connectivity index (χ2n) is 6.91. The van der Waals surface area contributed by atoms with Gasteiger partial charge in [0.05, 0.1) is 38.5 Å². The Morgan fingerprint density at radius 3 is 2.82 bits per heavy atom. The van der Waals surface area contributed by atoms with E-state index < -0.39 is 5.97 Å². The molecule has 2 unspecified atom stereocenters. The zero-order valence-electron chi connectivity index (χ0n) is 15.6. The molecule has 3 heterocycles. The number of benzene rings is 1. The van der Waals surface area contributed by atoms with Gasteiger partial charge in [0, 0.05) is 12.2 Å². The monoisotopic (exact) mass is 389 g/mol. The van der Waals surface area contributed by atoms with E-state index in [9.17, 15) is 9.59 Å². The molecule has 0 radical (unpaired) electrons. The first-order valence-electron chi connectivity index (χ1n) is 9.14. The Bertz CT molecular complexity index is 793. The Morgan fingerprint density at radius 1 is 1.32 bits per heavy atom. The number of rotatable bonds is 6. The van der Waals surface area contributed by atoms with E-state index in [1.807, 2.05) is 24.3 Å². The van der Waals surface area contributed by atoms with Crippen molar-refractivity contribution in [3.8, 4) is 0 Å². The Balaban J connectivity index is 1.51. The molecular formula is C19H23N3O6. The molecule has 0 saturated carbocycles. The lowest BCUT2D eigenvalue weighted by molar-refractivity contribution is -0.136. The third kappa shape index (κ3) is 3.37. The number of esters is 1. The SMILES string of the molecule is COC(=O)C1=C(Nc2ccc(C3OCN4COCC34)cc2)C(=O)N(CCO)C1. The van der Waals surface area contributed by atoms with Gasteiger partial charge >= 0.3 is 5.97 Å². The fraction of sp³-hybridized carbons (Fsp3) is 0.474. The summed E-state index contributed by atoms with van der Waals surface area (Å²) < 4.78 is 16.1. The molecule has 9 heteroatoms. The number of aliphatic hydroxyl groups excluding tert-OH is 1. The van der Waals surface area contributed by atoms with Gasteiger partial charge in [0.2, 0.25) is 0 Å². The number of amides is 1. The van der Waals surface area contributed by atoms with Crippen molar-refractivity contribution in [2.75, 3.05) is 52.2 Å². The quantitative estimate of drug-likeness (QED) is 0.659. The van der Waals surface area contributed by atoms with Gasteiger partial charge < -0.3 is 29.5 Å². The van der Waals surface area contributed by atoms with Crippen LogP contribution in [0.3, 0.4) is 0 Å². The number of aliphatic hydroxyl groups is 1. The van der Waals surface area contributed by atoms with Crippen LogP contribution in [-0.4, -0.2) is 79.7 Å². The van der Waals surface area contributed by atoms with Crippen LogP contribution < -0.4 is 5.32 Å². The Morgan fingerprint density at radius 2 is 2.11 bits per heavy atom. The molecule has 28 heavy (non-hydrogen) atoms. The van der Waals surface area contributed by atoms with Crippen molar-refractivity contribution < 1.29 is 28.9 Å². The van der Waals surface area contributed by atoms with Crippen LogP contribution in [0.2, 0.25) is 0 Å². The number of hydrogen-bond donors (Lipinski definition) is 2. The zero-order valence-corrected chi connectivity index (χ0v) is 15.6. The number of β-amino-alcohol motifs (C(OH)–C–C–N with tert-alkyl or cyclic N) is 1. The molecule has 2 N–H and O–H groups in total. The van der Waals surface area contributed by atoms with E-state index in [-0.39, 0.29) is 49.0 Å². The average molecular weight is 389 g/mol. The minimum Gasteiger partial charge on any atom is -0.466 e. The predicted molar refractivity (Wildman–Crippen MR) is 97.9 cm³/mol. The highest BCUT2D eigenvalue weighted by molar-refractivity contribution is 6.08. The van der Waals surface area contributed by atoms with Crippen LogP contribution in [0.15, 0.2) is 35.5 Å². The third-order valence-electron chi connectivity index (χ3n) is 5.25. The zero-order chi connectivity index (χ0) is 19.7. The molecule has 1 aromatic carbocycles. The number of anilines is 1. The minimum atomic E-state index is -0.561. The fourth-order valence-corrected chi connectivity index (χ4v) is 3.76. The van der Waals surface area contributed by atoms with Gasteiger partial charge in [-0.3, -0.25) is 4.79 Å². The summed E-state index contributed by atoms with van der Waals surface area (Å²) >= 11 is 0. The molecule has 9 nitrogen and oxygen atoms in total. The summed E-state index contributed by atoms with van der Waals surface area (Å²) in [7, 11) is 1.28. The van der Waals surface area contributed by atoms with Gasteiger partial charge in [0.15, 0.2) is 0 Å². The normalized spacial score (nSPS) is 24.8. The molecule has 1 amide bonds. The molecule has 150 valence electrons. The van der Waals surface area contributed by atoms with Crippen LogP contribution in [0, 0.1) is 0 Å². The van der Waals surface area contributed by atoms with Crippen LogP contribution in [0.4, 0.5) is 5.69 Å². The smallest absolute Gasteiger partial charge is 0.337 e. The fourth-order valence-electron chi connectivity index (χ4n) is 3.76. The summed E-state index contributed by atoms with van der Waals surface area (Å²) in [6.45, 7) is 1.89. The van der Waals surface area contributed by atoms with Crippen molar-refractivity contribution in [1.29, 1.82) is 0 Å². The maximum absolute atomic E-state index is 12.6. The second-order valence-corrected chi connectivity index (χ2v) is 6.91.